The van der Waals surface area contributed by atoms with Gasteiger partial charge in [-0.1, -0.05) is 19.8 Å². The molecular weight excluding hydrogens is 248 g/mol. The van der Waals surface area contributed by atoms with Crippen molar-refractivity contribution in [3.05, 3.63) is 11.9 Å². The van der Waals surface area contributed by atoms with E-state index in [0.29, 0.717) is 6.04 Å². The molecule has 20 heavy (non-hydrogen) atoms. The van der Waals surface area contributed by atoms with Gasteiger partial charge >= 0.3 is 0 Å². The average Bonchev–Trinajstić information content (AvgIpc) is 3.20. The smallest absolute Gasteiger partial charge is 0.205 e. The van der Waals surface area contributed by atoms with Crippen LogP contribution in [0.25, 0.3) is 0 Å². The van der Waals surface area contributed by atoms with Crippen molar-refractivity contribution in [2.75, 3.05) is 31.1 Å². The summed E-state index contributed by atoms with van der Waals surface area (Å²) < 4.78 is 2.51. The Bertz CT molecular complexity index is 463. The van der Waals surface area contributed by atoms with E-state index in [0.717, 1.165) is 18.3 Å². The molecule has 3 heterocycles. The summed E-state index contributed by atoms with van der Waals surface area (Å²) in [5.41, 5.74) is 1.27. The predicted octanol–water partition coefficient (Wildman–Crippen LogP) is 2.22. The van der Waals surface area contributed by atoms with Gasteiger partial charge in [0.15, 0.2) is 0 Å². The van der Waals surface area contributed by atoms with Crippen LogP contribution in [-0.4, -0.2) is 35.7 Å². The molecule has 0 amide bonds. The Labute approximate surface area is 121 Å². The molecule has 1 aromatic rings. The van der Waals surface area contributed by atoms with E-state index in [1.165, 1.54) is 63.5 Å². The van der Waals surface area contributed by atoms with E-state index in [1.54, 1.807) is 0 Å². The summed E-state index contributed by atoms with van der Waals surface area (Å²) >= 11 is 0. The molecule has 0 bridgehead atoms. The summed E-state index contributed by atoms with van der Waals surface area (Å²) in [6.45, 7) is 7.01. The van der Waals surface area contributed by atoms with Crippen molar-refractivity contribution in [3.8, 4) is 0 Å². The first-order valence-corrected chi connectivity index (χ1v) is 8.38. The minimum Gasteiger partial charge on any atom is -0.342 e. The largest absolute Gasteiger partial charge is 0.342 e. The molecule has 4 nitrogen and oxygen atoms in total. The number of imidazole rings is 1. The molecule has 1 N–H and O–H groups in total. The second-order valence-electron chi connectivity index (χ2n) is 6.81. The number of nitrogens with zero attached hydrogens (tertiary/aromatic N) is 3. The summed E-state index contributed by atoms with van der Waals surface area (Å²) in [5.74, 6) is 2.95. The van der Waals surface area contributed by atoms with E-state index < -0.39 is 0 Å². The Kier molecular flexibility index (Phi) is 3.21. The van der Waals surface area contributed by atoms with E-state index >= 15 is 0 Å². The van der Waals surface area contributed by atoms with Gasteiger partial charge in [-0.3, -0.25) is 0 Å². The lowest BCUT2D eigenvalue weighted by Crippen LogP contribution is -2.28. The molecule has 0 spiro atoms. The van der Waals surface area contributed by atoms with Gasteiger partial charge < -0.3 is 14.8 Å². The number of hydrogen-bond donors (Lipinski definition) is 1. The fraction of sp³-hybridized carbons (Fsp3) is 0.812. The van der Waals surface area contributed by atoms with Gasteiger partial charge in [0.25, 0.3) is 0 Å². The fourth-order valence-corrected chi connectivity index (χ4v) is 4.31. The highest BCUT2D eigenvalue weighted by Gasteiger charge is 2.38. The van der Waals surface area contributed by atoms with Crippen LogP contribution in [0.5, 0.6) is 0 Å². The Morgan fingerprint density at radius 3 is 2.55 bits per heavy atom. The first-order chi connectivity index (χ1) is 9.85. The van der Waals surface area contributed by atoms with Crippen LogP contribution in [0.3, 0.4) is 0 Å². The molecule has 2 unspecified atom stereocenters. The lowest BCUT2D eigenvalue weighted by atomic mass is 10.0. The van der Waals surface area contributed by atoms with E-state index in [-0.39, 0.29) is 0 Å². The molecule has 1 saturated carbocycles. The molecular formula is C16H26N4. The summed E-state index contributed by atoms with van der Waals surface area (Å²) in [6, 6.07) is 0.705. The van der Waals surface area contributed by atoms with Gasteiger partial charge in [0.05, 0.1) is 5.69 Å². The quantitative estimate of drug-likeness (QED) is 0.917. The number of aryl methyl sites for hydroxylation is 1. The van der Waals surface area contributed by atoms with Crippen LogP contribution < -0.4 is 10.2 Å². The van der Waals surface area contributed by atoms with Crippen LogP contribution in [0.4, 0.5) is 5.95 Å². The number of nitrogens with one attached hydrogen (secondary N) is 1. The molecule has 2 aliphatic heterocycles. The zero-order valence-electron chi connectivity index (χ0n) is 12.5. The zero-order valence-corrected chi connectivity index (χ0v) is 12.5. The molecule has 4 heteroatoms. The second-order valence-corrected chi connectivity index (χ2v) is 6.81. The van der Waals surface area contributed by atoms with Gasteiger partial charge in [-0.15, -0.1) is 0 Å². The molecule has 4 rings (SSSR count). The average molecular weight is 274 g/mol. The zero-order chi connectivity index (χ0) is 13.5. The SMILES string of the molecule is CCc1cn(C2CCCC2)c(N2CC3CNCC3C2)n1. The van der Waals surface area contributed by atoms with Crippen molar-refractivity contribution in [2.45, 2.75) is 45.1 Å². The van der Waals surface area contributed by atoms with Crippen LogP contribution in [0, 0.1) is 11.8 Å². The summed E-state index contributed by atoms with van der Waals surface area (Å²) in [5, 5.41) is 3.53. The number of hydrogen-bond acceptors (Lipinski definition) is 3. The third-order valence-electron chi connectivity index (χ3n) is 5.52. The maximum Gasteiger partial charge on any atom is 0.205 e. The number of fused-ring (bicyclic) bond motifs is 1. The predicted molar refractivity (Wildman–Crippen MR) is 81.2 cm³/mol. The topological polar surface area (TPSA) is 33.1 Å². The monoisotopic (exact) mass is 274 g/mol. The molecule has 3 fully saturated rings. The molecule has 0 radical (unpaired) electrons. The lowest BCUT2D eigenvalue weighted by molar-refractivity contribution is 0.513. The van der Waals surface area contributed by atoms with Crippen LogP contribution >= 0.6 is 0 Å². The van der Waals surface area contributed by atoms with Crippen molar-refractivity contribution < 1.29 is 0 Å². The highest BCUT2D eigenvalue weighted by molar-refractivity contribution is 5.37. The van der Waals surface area contributed by atoms with Gasteiger partial charge in [-0.2, -0.15) is 0 Å². The van der Waals surface area contributed by atoms with Crippen molar-refractivity contribution in [1.29, 1.82) is 0 Å². The summed E-state index contributed by atoms with van der Waals surface area (Å²) in [4.78, 5) is 7.51. The standard InChI is InChI=1S/C16H26N4/c1-2-14-11-20(15-5-3-4-6-15)16(18-14)19-9-12-7-17-8-13(12)10-19/h11-13,15,17H,2-10H2,1H3. The molecule has 2 saturated heterocycles. The van der Waals surface area contributed by atoms with Gasteiger partial charge in [-0.25, -0.2) is 4.98 Å². The molecule has 110 valence electrons. The first kappa shape index (κ1) is 12.7. The third kappa shape index (κ3) is 2.05. The number of anilines is 1. The van der Waals surface area contributed by atoms with Crippen LogP contribution in [0.1, 0.15) is 44.3 Å². The number of aromatic nitrogens is 2. The van der Waals surface area contributed by atoms with Gasteiger partial charge in [-0.05, 0) is 31.1 Å². The highest BCUT2D eigenvalue weighted by atomic mass is 15.3. The third-order valence-corrected chi connectivity index (χ3v) is 5.52. The van der Waals surface area contributed by atoms with Crippen molar-refractivity contribution >= 4 is 5.95 Å². The van der Waals surface area contributed by atoms with Crippen LogP contribution in [0.2, 0.25) is 0 Å². The van der Waals surface area contributed by atoms with E-state index in [1.807, 2.05) is 0 Å². The summed E-state index contributed by atoms with van der Waals surface area (Å²) in [6.07, 6.45) is 8.84. The van der Waals surface area contributed by atoms with Gasteiger partial charge in [0.1, 0.15) is 0 Å². The Balaban J connectivity index is 1.61. The maximum atomic E-state index is 4.95. The van der Waals surface area contributed by atoms with Crippen molar-refractivity contribution in [1.82, 2.24) is 14.9 Å². The maximum absolute atomic E-state index is 4.95. The van der Waals surface area contributed by atoms with Crippen molar-refractivity contribution in [2.24, 2.45) is 11.8 Å². The van der Waals surface area contributed by atoms with E-state index in [4.69, 9.17) is 4.98 Å². The molecule has 1 aliphatic carbocycles. The lowest BCUT2D eigenvalue weighted by Gasteiger charge is -2.23. The van der Waals surface area contributed by atoms with Gasteiger partial charge in [0, 0.05) is 38.4 Å². The van der Waals surface area contributed by atoms with Crippen LogP contribution in [-0.2, 0) is 6.42 Å². The minimum atomic E-state index is 0.705. The highest BCUT2D eigenvalue weighted by Crippen LogP contribution is 2.36. The molecule has 3 aliphatic rings. The Hall–Kier alpha value is -1.03. The van der Waals surface area contributed by atoms with Gasteiger partial charge in [0.2, 0.25) is 5.95 Å². The Morgan fingerprint density at radius 1 is 1.20 bits per heavy atom. The second kappa shape index (κ2) is 5.06. The van der Waals surface area contributed by atoms with Crippen molar-refractivity contribution in [3.63, 3.8) is 0 Å². The minimum absolute atomic E-state index is 0.705. The van der Waals surface area contributed by atoms with E-state index in [2.05, 4.69) is 27.9 Å². The molecule has 2 atom stereocenters. The van der Waals surface area contributed by atoms with Crippen LogP contribution in [0.15, 0.2) is 6.20 Å². The molecule has 0 aromatic carbocycles. The Morgan fingerprint density at radius 2 is 1.90 bits per heavy atom. The fourth-order valence-electron chi connectivity index (χ4n) is 4.31. The first-order valence-electron chi connectivity index (χ1n) is 8.38. The van der Waals surface area contributed by atoms with E-state index in [9.17, 15) is 0 Å². The number of rotatable bonds is 3. The summed E-state index contributed by atoms with van der Waals surface area (Å²) in [7, 11) is 0. The molecule has 1 aromatic heterocycles. The normalized spacial score (nSPS) is 30.4.